The fourth-order valence-corrected chi connectivity index (χ4v) is 5.26. The number of allylic oxidation sites excluding steroid dienone is 5. The highest BCUT2D eigenvalue weighted by molar-refractivity contribution is 5.99. The molecule has 1 unspecified atom stereocenters. The van der Waals surface area contributed by atoms with E-state index in [1.165, 1.54) is 16.3 Å². The third-order valence-corrected chi connectivity index (χ3v) is 7.10. The zero-order chi connectivity index (χ0) is 23.9. The number of hydrogen-bond donors (Lipinski definition) is 0. The highest BCUT2D eigenvalue weighted by Gasteiger charge is 2.26. The Balaban J connectivity index is 1.44. The molecule has 0 radical (unpaired) electrons. The van der Waals surface area contributed by atoms with E-state index in [0.29, 0.717) is 5.92 Å². The van der Waals surface area contributed by atoms with Gasteiger partial charge in [0, 0.05) is 35.0 Å². The number of nitrogens with zero attached hydrogens (tertiary/aromatic N) is 3. The van der Waals surface area contributed by atoms with E-state index in [0.717, 1.165) is 51.5 Å². The van der Waals surface area contributed by atoms with Crippen molar-refractivity contribution in [2.24, 2.45) is 5.92 Å². The Morgan fingerprint density at radius 2 is 1.56 bits per heavy atom. The molecule has 0 spiro atoms. The minimum Gasteiger partial charge on any atom is -0.264 e. The number of rotatable bonds is 3. The van der Waals surface area contributed by atoms with Crippen LogP contribution in [0.1, 0.15) is 17.7 Å². The first-order valence-electron chi connectivity index (χ1n) is 12.3. The molecule has 3 aromatic carbocycles. The Kier molecular flexibility index (Phi) is 4.92. The van der Waals surface area contributed by atoms with Crippen molar-refractivity contribution in [2.45, 2.75) is 6.42 Å². The molecule has 7 rings (SSSR count). The van der Waals surface area contributed by atoms with Crippen molar-refractivity contribution in [1.29, 1.82) is 0 Å². The lowest BCUT2D eigenvalue weighted by Crippen LogP contribution is -2.12. The average Bonchev–Trinajstić information content (AvgIpc) is 2.97. The molecule has 1 atom stereocenters. The third-order valence-electron chi connectivity index (χ3n) is 7.10. The first kappa shape index (κ1) is 20.7. The van der Waals surface area contributed by atoms with E-state index in [-0.39, 0.29) is 0 Å². The summed E-state index contributed by atoms with van der Waals surface area (Å²) in [5, 5.41) is 2.41. The monoisotopic (exact) mass is 461 g/mol. The van der Waals surface area contributed by atoms with Crippen LogP contribution in [0.4, 0.5) is 0 Å². The second kappa shape index (κ2) is 8.54. The topological polar surface area (TPSA) is 38.7 Å². The lowest BCUT2D eigenvalue weighted by atomic mass is 9.82. The molecule has 0 bridgehead atoms. The fraction of sp³-hybridized carbons (Fsp3) is 0.0606. The molecule has 0 amide bonds. The van der Waals surface area contributed by atoms with Crippen molar-refractivity contribution in [3.05, 3.63) is 127 Å². The van der Waals surface area contributed by atoms with Gasteiger partial charge in [-0.3, -0.25) is 4.98 Å². The van der Waals surface area contributed by atoms with E-state index in [2.05, 4.69) is 108 Å². The first-order chi connectivity index (χ1) is 17.8. The fourth-order valence-electron chi connectivity index (χ4n) is 5.26. The molecule has 0 saturated heterocycles. The maximum absolute atomic E-state index is 5.20. The summed E-state index contributed by atoms with van der Waals surface area (Å²) >= 11 is 0. The molecule has 2 aliphatic rings. The molecule has 0 aliphatic heterocycles. The Hall–Kier alpha value is -4.63. The van der Waals surface area contributed by atoms with Crippen LogP contribution < -0.4 is 0 Å². The summed E-state index contributed by atoms with van der Waals surface area (Å²) in [4.78, 5) is 14.6. The van der Waals surface area contributed by atoms with E-state index >= 15 is 0 Å². The van der Waals surface area contributed by atoms with E-state index in [1.807, 2.05) is 12.3 Å². The van der Waals surface area contributed by atoms with Crippen molar-refractivity contribution in [3.8, 4) is 33.8 Å². The molecule has 0 fully saturated rings. The Bertz CT molecular complexity index is 1690. The van der Waals surface area contributed by atoms with E-state index in [9.17, 15) is 0 Å². The minimum atomic E-state index is 0.360. The van der Waals surface area contributed by atoms with E-state index in [1.54, 1.807) is 6.20 Å². The number of pyridine rings is 1. The predicted molar refractivity (Wildman–Crippen MR) is 148 cm³/mol. The molecule has 3 nitrogen and oxygen atoms in total. The molecule has 170 valence electrons. The highest BCUT2D eigenvalue weighted by atomic mass is 14.9. The third kappa shape index (κ3) is 3.48. The van der Waals surface area contributed by atoms with Crippen molar-refractivity contribution in [3.63, 3.8) is 0 Å². The van der Waals surface area contributed by atoms with Gasteiger partial charge < -0.3 is 0 Å². The summed E-state index contributed by atoms with van der Waals surface area (Å²) in [6.45, 7) is 0. The Morgan fingerprint density at radius 1 is 0.722 bits per heavy atom. The molecule has 0 saturated carbocycles. The van der Waals surface area contributed by atoms with Crippen LogP contribution in [0.2, 0.25) is 0 Å². The van der Waals surface area contributed by atoms with Crippen LogP contribution in [0.5, 0.6) is 0 Å². The predicted octanol–water partition coefficient (Wildman–Crippen LogP) is 8.01. The molecule has 2 heterocycles. The maximum Gasteiger partial charge on any atom is 0.160 e. The van der Waals surface area contributed by atoms with Crippen LogP contribution in [0.3, 0.4) is 0 Å². The summed E-state index contributed by atoms with van der Waals surface area (Å²) in [7, 11) is 0. The van der Waals surface area contributed by atoms with Gasteiger partial charge in [0.1, 0.15) is 0 Å². The van der Waals surface area contributed by atoms with E-state index < -0.39 is 0 Å². The molecule has 3 heteroatoms. The second-order valence-corrected chi connectivity index (χ2v) is 9.26. The van der Waals surface area contributed by atoms with Gasteiger partial charge in [-0.25, -0.2) is 9.97 Å². The normalized spacial score (nSPS) is 15.9. The largest absolute Gasteiger partial charge is 0.264 e. The lowest BCUT2D eigenvalue weighted by Gasteiger charge is -2.25. The van der Waals surface area contributed by atoms with Gasteiger partial charge in [0.05, 0.1) is 11.4 Å². The summed E-state index contributed by atoms with van der Waals surface area (Å²) in [6, 6.07) is 27.5. The summed E-state index contributed by atoms with van der Waals surface area (Å²) in [5.41, 5.74) is 8.75. The van der Waals surface area contributed by atoms with Crippen molar-refractivity contribution in [2.75, 3.05) is 0 Å². The van der Waals surface area contributed by atoms with Gasteiger partial charge in [0.25, 0.3) is 0 Å². The van der Waals surface area contributed by atoms with Gasteiger partial charge >= 0.3 is 0 Å². The van der Waals surface area contributed by atoms with Crippen LogP contribution in [-0.2, 0) is 0 Å². The first-order valence-corrected chi connectivity index (χ1v) is 12.3. The smallest absolute Gasteiger partial charge is 0.160 e. The van der Waals surface area contributed by atoms with Gasteiger partial charge in [-0.05, 0) is 40.0 Å². The molecular weight excluding hydrogens is 438 g/mol. The van der Waals surface area contributed by atoms with Crippen molar-refractivity contribution in [1.82, 2.24) is 15.0 Å². The van der Waals surface area contributed by atoms with Gasteiger partial charge in [-0.15, -0.1) is 0 Å². The average molecular weight is 462 g/mol. The number of aromatic nitrogens is 3. The van der Waals surface area contributed by atoms with Crippen LogP contribution >= 0.6 is 0 Å². The molecule has 36 heavy (non-hydrogen) atoms. The van der Waals surface area contributed by atoms with Crippen LogP contribution in [0.15, 0.2) is 116 Å². The quantitative estimate of drug-likeness (QED) is 0.273. The van der Waals surface area contributed by atoms with Crippen LogP contribution in [-0.4, -0.2) is 15.0 Å². The molecule has 0 N–H and O–H groups in total. The van der Waals surface area contributed by atoms with E-state index in [4.69, 9.17) is 9.97 Å². The Morgan fingerprint density at radius 3 is 2.44 bits per heavy atom. The standard InChI is InChI=1S/C33H23N3/c1-3-11-27-23(7-1)9-5-13-29(27)32-30-19-18-24-8-2-4-12-28(24)31(30)35-33(36-32)25-16-14-22(15-17-25)26-10-6-20-34-21-26/h1-7,9-21,24H,8H2. The molecule has 5 aromatic rings. The summed E-state index contributed by atoms with van der Waals surface area (Å²) in [5.74, 6) is 1.11. The van der Waals surface area contributed by atoms with Crippen LogP contribution in [0.25, 0.3) is 56.2 Å². The van der Waals surface area contributed by atoms with Gasteiger partial charge in [-0.1, -0.05) is 103 Å². The van der Waals surface area contributed by atoms with Gasteiger partial charge in [-0.2, -0.15) is 0 Å². The summed E-state index contributed by atoms with van der Waals surface area (Å²) < 4.78 is 0. The van der Waals surface area contributed by atoms with Gasteiger partial charge in [0.15, 0.2) is 5.82 Å². The van der Waals surface area contributed by atoms with Crippen molar-refractivity contribution >= 4 is 22.4 Å². The SMILES string of the molecule is C1=CCC2C=Cc3c(nc(-c4ccc(-c5cccnc5)cc4)nc3-c3cccc4ccccc34)C2=C1. The molecular formula is C33H23N3. The van der Waals surface area contributed by atoms with Crippen molar-refractivity contribution < 1.29 is 0 Å². The lowest BCUT2D eigenvalue weighted by molar-refractivity contribution is 0.833. The number of fused-ring (bicyclic) bond motifs is 4. The zero-order valence-corrected chi connectivity index (χ0v) is 19.7. The highest BCUT2D eigenvalue weighted by Crippen LogP contribution is 2.42. The second-order valence-electron chi connectivity index (χ2n) is 9.26. The molecule has 2 aromatic heterocycles. The van der Waals surface area contributed by atoms with Gasteiger partial charge in [0.2, 0.25) is 0 Å². The number of benzene rings is 3. The zero-order valence-electron chi connectivity index (χ0n) is 19.7. The van der Waals surface area contributed by atoms with Crippen LogP contribution in [0, 0.1) is 5.92 Å². The molecule has 2 aliphatic carbocycles. The summed E-state index contributed by atoms with van der Waals surface area (Å²) in [6.07, 6.45) is 15.8. The Labute approximate surface area is 210 Å². The minimum absolute atomic E-state index is 0.360. The number of hydrogen-bond acceptors (Lipinski definition) is 3. The maximum atomic E-state index is 5.20.